The Morgan fingerprint density at radius 2 is 1.80 bits per heavy atom. The average molecular weight is 425 g/mol. The van der Waals surface area contributed by atoms with Crippen LogP contribution in [0.1, 0.15) is 22.0 Å². The maximum absolute atomic E-state index is 12.7. The molecule has 1 N–H and O–H groups in total. The third-order valence-electron chi connectivity index (χ3n) is 4.76. The van der Waals surface area contributed by atoms with Gasteiger partial charge in [0, 0.05) is 11.4 Å². The van der Waals surface area contributed by atoms with Crippen molar-refractivity contribution < 1.29 is 14.3 Å². The van der Waals surface area contributed by atoms with Crippen molar-refractivity contribution >= 4 is 17.2 Å². The summed E-state index contributed by atoms with van der Waals surface area (Å²) < 4.78 is 11.1. The number of likely N-dealkylation sites (N-methyl/N-ethyl adjacent to an activating group) is 1. The van der Waals surface area contributed by atoms with Crippen LogP contribution in [0.3, 0.4) is 0 Å². The molecule has 0 saturated carbocycles. The molecule has 6 heteroatoms. The number of benzene rings is 2. The topological polar surface area (TPSA) is 50.8 Å². The number of aryl methyl sites for hydroxylation is 1. The third kappa shape index (κ3) is 6.08. The van der Waals surface area contributed by atoms with Gasteiger partial charge in [-0.2, -0.15) is 0 Å². The summed E-state index contributed by atoms with van der Waals surface area (Å²) in [5.41, 5.74) is 2.28. The third-order valence-corrected chi connectivity index (χ3v) is 5.69. The lowest BCUT2D eigenvalue weighted by atomic mass is 10.0. The zero-order valence-electron chi connectivity index (χ0n) is 17.6. The molecule has 0 fully saturated rings. The molecule has 158 valence electrons. The highest BCUT2D eigenvalue weighted by atomic mass is 32.1. The van der Waals surface area contributed by atoms with Gasteiger partial charge in [-0.1, -0.05) is 48.0 Å². The van der Waals surface area contributed by atoms with Gasteiger partial charge in [0.1, 0.15) is 6.61 Å². The predicted octanol–water partition coefficient (Wildman–Crippen LogP) is 4.28. The number of hydrogen-bond donors (Lipinski definition) is 1. The van der Waals surface area contributed by atoms with Crippen molar-refractivity contribution in [3.63, 3.8) is 0 Å². The molecule has 0 spiro atoms. The largest absolute Gasteiger partial charge is 0.493 e. The van der Waals surface area contributed by atoms with Gasteiger partial charge in [0.05, 0.1) is 19.7 Å². The van der Waals surface area contributed by atoms with Gasteiger partial charge in [0.2, 0.25) is 5.91 Å². The molecular formula is C24H28N2O3S. The van der Waals surface area contributed by atoms with Crippen molar-refractivity contribution in [2.75, 3.05) is 33.9 Å². The van der Waals surface area contributed by atoms with Gasteiger partial charge in [-0.05, 0) is 43.1 Å². The molecule has 0 bridgehead atoms. The highest BCUT2D eigenvalue weighted by Gasteiger charge is 2.18. The van der Waals surface area contributed by atoms with Crippen molar-refractivity contribution in [2.24, 2.45) is 0 Å². The number of hydrogen-bond acceptors (Lipinski definition) is 5. The molecule has 1 atom stereocenters. The van der Waals surface area contributed by atoms with E-state index in [0.29, 0.717) is 31.2 Å². The lowest BCUT2D eigenvalue weighted by Crippen LogP contribution is -2.38. The molecular weight excluding hydrogens is 396 g/mol. The van der Waals surface area contributed by atoms with E-state index in [9.17, 15) is 4.79 Å². The molecule has 3 rings (SSSR count). The minimum atomic E-state index is -0.142. The summed E-state index contributed by atoms with van der Waals surface area (Å²) in [4.78, 5) is 15.8. The van der Waals surface area contributed by atoms with E-state index in [-0.39, 0.29) is 11.9 Å². The van der Waals surface area contributed by atoms with E-state index in [4.69, 9.17) is 9.47 Å². The van der Waals surface area contributed by atoms with Crippen LogP contribution >= 0.6 is 11.3 Å². The van der Waals surface area contributed by atoms with Crippen molar-refractivity contribution in [2.45, 2.75) is 13.0 Å². The summed E-state index contributed by atoms with van der Waals surface area (Å²) in [6.45, 7) is 3.45. The predicted molar refractivity (Wildman–Crippen MR) is 121 cm³/mol. The van der Waals surface area contributed by atoms with Crippen LogP contribution in [-0.4, -0.2) is 44.7 Å². The first kappa shape index (κ1) is 21.9. The molecule has 30 heavy (non-hydrogen) atoms. The molecule has 0 saturated heterocycles. The van der Waals surface area contributed by atoms with Crippen LogP contribution in [0.15, 0.2) is 66.0 Å². The van der Waals surface area contributed by atoms with Crippen molar-refractivity contribution in [1.29, 1.82) is 0 Å². The number of nitrogens with zero attached hydrogens (tertiary/aromatic N) is 1. The van der Waals surface area contributed by atoms with Crippen molar-refractivity contribution in [1.82, 2.24) is 10.2 Å². The molecule has 0 radical (unpaired) electrons. The van der Waals surface area contributed by atoms with Crippen LogP contribution in [-0.2, 0) is 4.79 Å². The number of thiophene rings is 1. The molecule has 2 aromatic carbocycles. The van der Waals surface area contributed by atoms with E-state index in [1.807, 2.05) is 47.7 Å². The summed E-state index contributed by atoms with van der Waals surface area (Å²) in [5.74, 6) is 1.39. The highest BCUT2D eigenvalue weighted by Crippen LogP contribution is 2.27. The van der Waals surface area contributed by atoms with Gasteiger partial charge in [0.15, 0.2) is 11.5 Å². The SMILES string of the molecule is COc1ccccc1OCCN(C)CC(=O)NC(c1ccc(C)cc1)c1cccs1. The normalized spacial score (nSPS) is 11.9. The molecule has 1 aromatic heterocycles. The van der Waals surface area contributed by atoms with Crippen LogP contribution in [0.2, 0.25) is 0 Å². The Balaban J connectivity index is 1.54. The number of methoxy groups -OCH3 is 1. The van der Waals surface area contributed by atoms with E-state index in [1.54, 1.807) is 18.4 Å². The quantitative estimate of drug-likeness (QED) is 0.528. The van der Waals surface area contributed by atoms with Crippen LogP contribution in [0, 0.1) is 6.92 Å². The van der Waals surface area contributed by atoms with Crippen LogP contribution < -0.4 is 14.8 Å². The van der Waals surface area contributed by atoms with Gasteiger partial charge in [-0.15, -0.1) is 11.3 Å². The van der Waals surface area contributed by atoms with Gasteiger partial charge >= 0.3 is 0 Å². The Kier molecular flexibility index (Phi) is 7.88. The second-order valence-corrected chi connectivity index (χ2v) is 8.14. The van der Waals surface area contributed by atoms with Crippen molar-refractivity contribution in [3.05, 3.63) is 82.0 Å². The second kappa shape index (κ2) is 10.8. The Morgan fingerprint density at radius 3 is 2.47 bits per heavy atom. The number of nitrogens with one attached hydrogen (secondary N) is 1. The molecule has 0 aliphatic heterocycles. The van der Waals surface area contributed by atoms with E-state index in [0.717, 1.165) is 10.4 Å². The molecule has 1 heterocycles. The monoisotopic (exact) mass is 424 g/mol. The fourth-order valence-corrected chi connectivity index (χ4v) is 3.92. The Bertz CT molecular complexity index is 926. The first-order valence-corrected chi connectivity index (χ1v) is 10.8. The number of ether oxygens (including phenoxy) is 2. The van der Waals surface area contributed by atoms with Gasteiger partial charge in [0.25, 0.3) is 0 Å². The van der Waals surface area contributed by atoms with E-state index in [2.05, 4.69) is 42.6 Å². The van der Waals surface area contributed by atoms with E-state index >= 15 is 0 Å². The summed E-state index contributed by atoms with van der Waals surface area (Å²) in [6.07, 6.45) is 0. The molecule has 3 aromatic rings. The number of para-hydroxylation sites is 2. The van der Waals surface area contributed by atoms with Gasteiger partial charge < -0.3 is 14.8 Å². The standard InChI is InChI=1S/C24H28N2O3S/c1-18-10-12-19(13-11-18)24(22-9-6-16-30-22)25-23(27)17-26(2)14-15-29-21-8-5-4-7-20(21)28-3/h4-13,16,24H,14-15,17H2,1-3H3,(H,25,27). The molecule has 1 unspecified atom stereocenters. The van der Waals surface area contributed by atoms with Gasteiger partial charge in [-0.25, -0.2) is 0 Å². The summed E-state index contributed by atoms with van der Waals surface area (Å²) in [6, 6.07) is 19.8. The number of carbonyl (C=O) groups excluding carboxylic acids is 1. The molecule has 5 nitrogen and oxygen atoms in total. The smallest absolute Gasteiger partial charge is 0.234 e. The maximum Gasteiger partial charge on any atom is 0.234 e. The fraction of sp³-hybridized carbons (Fsp3) is 0.292. The average Bonchev–Trinajstić information content (AvgIpc) is 3.27. The number of rotatable bonds is 10. The second-order valence-electron chi connectivity index (χ2n) is 7.16. The lowest BCUT2D eigenvalue weighted by Gasteiger charge is -2.21. The Morgan fingerprint density at radius 1 is 1.07 bits per heavy atom. The fourth-order valence-electron chi connectivity index (χ4n) is 3.11. The minimum absolute atomic E-state index is 0.0197. The van der Waals surface area contributed by atoms with Crippen LogP contribution in [0.25, 0.3) is 0 Å². The van der Waals surface area contributed by atoms with Crippen LogP contribution in [0.5, 0.6) is 11.5 Å². The Labute approximate surface area is 182 Å². The van der Waals surface area contributed by atoms with Gasteiger partial charge in [-0.3, -0.25) is 9.69 Å². The molecule has 0 aliphatic rings. The summed E-state index contributed by atoms with van der Waals surface area (Å²) in [7, 11) is 3.54. The van der Waals surface area contributed by atoms with E-state index in [1.165, 1.54) is 5.56 Å². The zero-order chi connectivity index (χ0) is 21.3. The molecule has 0 aliphatic carbocycles. The lowest BCUT2D eigenvalue weighted by molar-refractivity contribution is -0.122. The maximum atomic E-state index is 12.7. The molecule has 1 amide bonds. The highest BCUT2D eigenvalue weighted by molar-refractivity contribution is 7.10. The zero-order valence-corrected chi connectivity index (χ0v) is 18.4. The Hall–Kier alpha value is -2.83. The first-order valence-electron chi connectivity index (χ1n) is 9.90. The minimum Gasteiger partial charge on any atom is -0.493 e. The summed E-state index contributed by atoms with van der Waals surface area (Å²) >= 11 is 1.65. The van der Waals surface area contributed by atoms with Crippen LogP contribution in [0.4, 0.5) is 0 Å². The summed E-state index contributed by atoms with van der Waals surface area (Å²) in [5, 5.41) is 5.21. The first-order chi connectivity index (χ1) is 14.6. The van der Waals surface area contributed by atoms with Crippen molar-refractivity contribution in [3.8, 4) is 11.5 Å². The number of amides is 1. The number of carbonyl (C=O) groups is 1. The van der Waals surface area contributed by atoms with E-state index < -0.39 is 0 Å².